The molecule has 0 N–H and O–H groups in total. The third-order valence-electron chi connectivity index (χ3n) is 3.99. The third-order valence-corrected chi connectivity index (χ3v) is 4.59. The molecule has 0 unspecified atom stereocenters. The molecule has 0 amide bonds. The van der Waals surface area contributed by atoms with E-state index in [1.807, 2.05) is 4.90 Å². The topological polar surface area (TPSA) is 12.5 Å². The minimum Gasteiger partial charge on any atom is -0.449 e. The van der Waals surface area contributed by atoms with Crippen LogP contribution in [0.1, 0.15) is 18.4 Å². The molecule has 2 aromatic carbocycles. The number of alkyl halides is 3. The number of benzene rings is 2. The van der Waals surface area contributed by atoms with Crippen LogP contribution in [0.2, 0.25) is 0 Å². The van der Waals surface area contributed by atoms with Gasteiger partial charge >= 0.3 is 6.18 Å². The molecule has 0 aromatic heterocycles. The molecule has 0 saturated carbocycles. The molecular weight excluding hydrogens is 428 g/mol. The zero-order chi connectivity index (χ0) is 19.1. The molecule has 2 nitrogen and oxygen atoms in total. The summed E-state index contributed by atoms with van der Waals surface area (Å²) in [6.45, 7) is 1.29. The molecule has 1 heterocycles. The van der Waals surface area contributed by atoms with E-state index in [0.717, 1.165) is 18.9 Å². The largest absolute Gasteiger partial charge is 0.449 e. The number of halogens is 7. The number of anilines is 1. The summed E-state index contributed by atoms with van der Waals surface area (Å²) in [6.07, 6.45) is -3.13. The molecule has 0 aliphatic carbocycles. The lowest BCUT2D eigenvalue weighted by atomic mass is 10.2. The van der Waals surface area contributed by atoms with Crippen LogP contribution in [-0.4, -0.2) is 13.1 Å². The first-order valence-electron chi connectivity index (χ1n) is 7.65. The summed E-state index contributed by atoms with van der Waals surface area (Å²) in [5, 5.41) is 0. The van der Waals surface area contributed by atoms with Gasteiger partial charge in [-0.25, -0.2) is 13.2 Å². The lowest BCUT2D eigenvalue weighted by molar-refractivity contribution is -0.138. The SMILES string of the molecule is Fc1cc(Oc2c(F)cc(C(F)(F)F)cc2F)c(N2CCCC2)cc1Br. The Morgan fingerprint density at radius 1 is 0.885 bits per heavy atom. The molecule has 2 aromatic rings. The van der Waals surface area contributed by atoms with E-state index in [9.17, 15) is 26.3 Å². The second-order valence-corrected chi connectivity index (χ2v) is 6.65. The fraction of sp³-hybridized carbons (Fsp3) is 0.294. The number of hydrogen-bond donors (Lipinski definition) is 0. The Hall–Kier alpha value is -1.90. The quantitative estimate of drug-likeness (QED) is 0.522. The average molecular weight is 440 g/mol. The minimum atomic E-state index is -4.90. The number of rotatable bonds is 3. The van der Waals surface area contributed by atoms with Gasteiger partial charge in [-0.3, -0.25) is 0 Å². The first-order chi connectivity index (χ1) is 12.2. The van der Waals surface area contributed by atoms with Crippen LogP contribution in [0.5, 0.6) is 11.5 Å². The van der Waals surface area contributed by atoms with Crippen molar-refractivity contribution in [3.8, 4) is 11.5 Å². The van der Waals surface area contributed by atoms with Gasteiger partial charge in [-0.2, -0.15) is 13.2 Å². The average Bonchev–Trinajstić information content (AvgIpc) is 3.07. The van der Waals surface area contributed by atoms with Crippen LogP contribution in [0.4, 0.5) is 32.0 Å². The number of nitrogens with zero attached hydrogens (tertiary/aromatic N) is 1. The molecular formula is C17H12BrF6NO. The van der Waals surface area contributed by atoms with Crippen molar-refractivity contribution in [3.63, 3.8) is 0 Å². The molecule has 0 spiro atoms. The highest BCUT2D eigenvalue weighted by Gasteiger charge is 2.33. The zero-order valence-electron chi connectivity index (χ0n) is 13.1. The maximum Gasteiger partial charge on any atom is 0.416 e. The van der Waals surface area contributed by atoms with Crippen LogP contribution in [0, 0.1) is 17.5 Å². The summed E-state index contributed by atoms with van der Waals surface area (Å²) in [5.74, 6) is -4.96. The van der Waals surface area contributed by atoms with Crippen LogP contribution in [0.15, 0.2) is 28.7 Å². The molecule has 9 heteroatoms. The number of ether oxygens (including phenoxy) is 1. The van der Waals surface area contributed by atoms with E-state index in [1.165, 1.54) is 6.07 Å². The van der Waals surface area contributed by atoms with E-state index in [1.54, 1.807) is 0 Å². The van der Waals surface area contributed by atoms with Crippen LogP contribution < -0.4 is 9.64 Å². The first kappa shape index (κ1) is 18.9. The van der Waals surface area contributed by atoms with Crippen molar-refractivity contribution in [1.82, 2.24) is 0 Å². The van der Waals surface area contributed by atoms with Gasteiger partial charge in [-0.15, -0.1) is 0 Å². The summed E-state index contributed by atoms with van der Waals surface area (Å²) >= 11 is 3.04. The summed E-state index contributed by atoms with van der Waals surface area (Å²) in [4.78, 5) is 1.85. The highest BCUT2D eigenvalue weighted by molar-refractivity contribution is 9.10. The van der Waals surface area contributed by atoms with Crippen LogP contribution in [-0.2, 0) is 6.18 Å². The van der Waals surface area contributed by atoms with Crippen molar-refractivity contribution in [2.75, 3.05) is 18.0 Å². The molecule has 1 saturated heterocycles. The van der Waals surface area contributed by atoms with Gasteiger partial charge in [0, 0.05) is 19.2 Å². The fourth-order valence-corrected chi connectivity index (χ4v) is 3.07. The normalized spacial score (nSPS) is 14.8. The van der Waals surface area contributed by atoms with Gasteiger partial charge in [0.15, 0.2) is 23.1 Å². The molecule has 1 fully saturated rings. The highest BCUT2D eigenvalue weighted by Crippen LogP contribution is 2.40. The van der Waals surface area contributed by atoms with Crippen molar-refractivity contribution in [1.29, 1.82) is 0 Å². The van der Waals surface area contributed by atoms with Crippen LogP contribution in [0.3, 0.4) is 0 Å². The summed E-state index contributed by atoms with van der Waals surface area (Å²) < 4.78 is 85.2. The third kappa shape index (κ3) is 3.77. The van der Waals surface area contributed by atoms with Crippen molar-refractivity contribution in [2.24, 2.45) is 0 Å². The zero-order valence-corrected chi connectivity index (χ0v) is 14.7. The van der Waals surface area contributed by atoms with E-state index in [4.69, 9.17) is 4.74 Å². The van der Waals surface area contributed by atoms with Crippen LogP contribution >= 0.6 is 15.9 Å². The van der Waals surface area contributed by atoms with E-state index < -0.39 is 34.9 Å². The van der Waals surface area contributed by atoms with Crippen molar-refractivity contribution < 1.29 is 31.1 Å². The second-order valence-electron chi connectivity index (χ2n) is 5.80. The van der Waals surface area contributed by atoms with E-state index in [0.29, 0.717) is 18.8 Å². The van der Waals surface area contributed by atoms with Gasteiger partial charge in [0.1, 0.15) is 5.82 Å². The Morgan fingerprint density at radius 2 is 1.46 bits per heavy atom. The molecule has 140 valence electrons. The van der Waals surface area contributed by atoms with Gasteiger partial charge in [-0.05, 0) is 47.0 Å². The van der Waals surface area contributed by atoms with Gasteiger partial charge in [0.2, 0.25) is 0 Å². The van der Waals surface area contributed by atoms with Gasteiger partial charge in [0.25, 0.3) is 0 Å². The monoisotopic (exact) mass is 439 g/mol. The summed E-state index contributed by atoms with van der Waals surface area (Å²) in [6, 6.07) is 2.64. The Balaban J connectivity index is 2.02. The lowest BCUT2D eigenvalue weighted by Gasteiger charge is -2.22. The summed E-state index contributed by atoms with van der Waals surface area (Å²) in [5.41, 5.74) is -1.07. The van der Waals surface area contributed by atoms with Crippen molar-refractivity contribution >= 4 is 21.6 Å². The van der Waals surface area contributed by atoms with E-state index in [-0.39, 0.29) is 22.4 Å². The van der Waals surface area contributed by atoms with Crippen molar-refractivity contribution in [3.05, 3.63) is 51.8 Å². The molecule has 0 radical (unpaired) electrons. The van der Waals surface area contributed by atoms with Gasteiger partial charge in [0.05, 0.1) is 15.7 Å². The van der Waals surface area contributed by atoms with E-state index >= 15 is 0 Å². The maximum atomic E-state index is 14.0. The lowest BCUT2D eigenvalue weighted by Crippen LogP contribution is -2.18. The molecule has 0 atom stereocenters. The predicted octanol–water partition coefficient (Wildman–Crippen LogP) is 6.28. The Labute approximate surface area is 153 Å². The predicted molar refractivity (Wildman–Crippen MR) is 87.0 cm³/mol. The maximum absolute atomic E-state index is 14.0. The highest BCUT2D eigenvalue weighted by atomic mass is 79.9. The first-order valence-corrected chi connectivity index (χ1v) is 8.44. The Bertz CT molecular complexity index is 810. The molecule has 1 aliphatic rings. The number of hydrogen-bond acceptors (Lipinski definition) is 2. The molecule has 0 bridgehead atoms. The van der Waals surface area contributed by atoms with Gasteiger partial charge < -0.3 is 9.64 Å². The van der Waals surface area contributed by atoms with Crippen LogP contribution in [0.25, 0.3) is 0 Å². The fourth-order valence-electron chi connectivity index (χ4n) is 2.74. The smallest absolute Gasteiger partial charge is 0.416 e. The Kier molecular flexibility index (Phi) is 5.09. The van der Waals surface area contributed by atoms with Gasteiger partial charge in [-0.1, -0.05) is 0 Å². The summed E-state index contributed by atoms with van der Waals surface area (Å²) in [7, 11) is 0. The molecule has 26 heavy (non-hydrogen) atoms. The second kappa shape index (κ2) is 7.02. The Morgan fingerprint density at radius 3 is 2.00 bits per heavy atom. The van der Waals surface area contributed by atoms with Crippen molar-refractivity contribution in [2.45, 2.75) is 19.0 Å². The van der Waals surface area contributed by atoms with E-state index in [2.05, 4.69) is 15.9 Å². The standard InChI is InChI=1S/C17H12BrF6NO/c18-10-7-14(25-3-1-2-4-25)15(8-11(10)19)26-16-12(20)5-9(6-13(16)21)17(22,23)24/h5-8H,1-4H2. The minimum absolute atomic E-state index is 0.139. The molecule has 1 aliphatic heterocycles. The molecule has 3 rings (SSSR count).